The number of nitrogens with zero attached hydrogens (tertiary/aromatic N) is 4. The third kappa shape index (κ3) is 3.32. The number of carbonyl (C=O) groups excluding carboxylic acids is 3. The Morgan fingerprint density at radius 1 is 1.07 bits per heavy atom. The largest absolute Gasteiger partial charge is 0.348 e. The molecule has 4 amide bonds. The lowest BCUT2D eigenvalue weighted by Crippen LogP contribution is -2.50. The van der Waals surface area contributed by atoms with Crippen LogP contribution in [0.15, 0.2) is 24.5 Å². The van der Waals surface area contributed by atoms with E-state index in [2.05, 4.69) is 10.3 Å². The van der Waals surface area contributed by atoms with E-state index in [-0.39, 0.29) is 29.2 Å². The summed E-state index contributed by atoms with van der Waals surface area (Å²) in [4.78, 5) is 47.4. The highest BCUT2D eigenvalue weighted by Crippen LogP contribution is 2.62. The lowest BCUT2D eigenvalue weighted by Gasteiger charge is -2.44. The number of piperidine rings is 1. The number of urea groups is 1. The molecule has 3 heterocycles. The SMILES string of the molecule is CC(=O)N1C[C@@H]2C3(CCN(C(=O)Nc4ccncc4)CC3)CC[C@]2(C(=O)N(C)C)C1. The second-order valence-electron chi connectivity index (χ2n) is 9.32. The number of pyridine rings is 1. The number of nitrogens with one attached hydrogen (secondary N) is 1. The molecule has 1 N–H and O–H groups in total. The van der Waals surface area contributed by atoms with Crippen LogP contribution in [0, 0.1) is 16.7 Å². The molecule has 2 atom stereocenters. The Labute approximate surface area is 177 Å². The van der Waals surface area contributed by atoms with Gasteiger partial charge in [0.2, 0.25) is 11.8 Å². The summed E-state index contributed by atoms with van der Waals surface area (Å²) in [5.74, 6) is 0.347. The molecular weight excluding hydrogens is 382 g/mol. The number of amides is 4. The lowest BCUT2D eigenvalue weighted by molar-refractivity contribution is -0.141. The second kappa shape index (κ2) is 7.56. The molecule has 4 rings (SSSR count). The van der Waals surface area contributed by atoms with Gasteiger partial charge in [-0.15, -0.1) is 0 Å². The van der Waals surface area contributed by atoms with Crippen LogP contribution in [-0.2, 0) is 9.59 Å². The molecule has 1 aromatic heterocycles. The van der Waals surface area contributed by atoms with E-state index in [1.165, 1.54) is 0 Å². The average Bonchev–Trinajstić information content (AvgIpc) is 3.26. The molecule has 0 aromatic carbocycles. The summed E-state index contributed by atoms with van der Waals surface area (Å²) in [6, 6.07) is 3.45. The maximum Gasteiger partial charge on any atom is 0.321 e. The number of likely N-dealkylation sites (tertiary alicyclic amines) is 2. The topological polar surface area (TPSA) is 85.9 Å². The van der Waals surface area contributed by atoms with Gasteiger partial charge in [0.1, 0.15) is 0 Å². The molecule has 30 heavy (non-hydrogen) atoms. The number of hydrogen-bond acceptors (Lipinski definition) is 4. The number of aromatic nitrogens is 1. The highest BCUT2D eigenvalue weighted by Gasteiger charge is 2.65. The molecule has 0 bridgehead atoms. The van der Waals surface area contributed by atoms with Crippen LogP contribution in [0.25, 0.3) is 0 Å². The minimum absolute atomic E-state index is 0.0172. The Morgan fingerprint density at radius 3 is 2.33 bits per heavy atom. The fourth-order valence-corrected chi connectivity index (χ4v) is 5.99. The molecule has 3 aliphatic rings. The van der Waals surface area contributed by atoms with Crippen molar-refractivity contribution in [1.82, 2.24) is 19.7 Å². The highest BCUT2D eigenvalue weighted by molar-refractivity contribution is 5.89. The van der Waals surface area contributed by atoms with Gasteiger partial charge < -0.3 is 20.0 Å². The zero-order valence-corrected chi connectivity index (χ0v) is 18.1. The average molecular weight is 414 g/mol. The summed E-state index contributed by atoms with van der Waals surface area (Å²) in [5, 5.41) is 2.93. The molecular formula is C22H31N5O3. The molecule has 1 spiro atoms. The number of anilines is 1. The molecule has 2 saturated heterocycles. The normalized spacial score (nSPS) is 27.1. The van der Waals surface area contributed by atoms with Crippen molar-refractivity contribution in [3.63, 3.8) is 0 Å². The predicted octanol–water partition coefficient (Wildman–Crippen LogP) is 2.04. The predicted molar refractivity (Wildman–Crippen MR) is 113 cm³/mol. The summed E-state index contributed by atoms with van der Waals surface area (Å²) >= 11 is 0. The first-order chi connectivity index (χ1) is 14.3. The van der Waals surface area contributed by atoms with Crippen LogP contribution in [0.5, 0.6) is 0 Å². The summed E-state index contributed by atoms with van der Waals surface area (Å²) in [5.41, 5.74) is 0.277. The number of hydrogen-bond donors (Lipinski definition) is 1. The van der Waals surface area contributed by atoms with Gasteiger partial charge in [0, 0.05) is 65.3 Å². The molecule has 2 aliphatic heterocycles. The first kappa shape index (κ1) is 20.6. The van der Waals surface area contributed by atoms with E-state index in [1.54, 1.807) is 36.4 Å². The van der Waals surface area contributed by atoms with Crippen molar-refractivity contribution in [3.05, 3.63) is 24.5 Å². The maximum atomic E-state index is 13.2. The Kier molecular flexibility index (Phi) is 5.20. The van der Waals surface area contributed by atoms with Crippen LogP contribution in [0.4, 0.5) is 10.5 Å². The van der Waals surface area contributed by atoms with Gasteiger partial charge in [0.05, 0.1) is 5.41 Å². The lowest BCUT2D eigenvalue weighted by atomic mass is 9.65. The fourth-order valence-electron chi connectivity index (χ4n) is 5.99. The van der Waals surface area contributed by atoms with Crippen molar-refractivity contribution >= 4 is 23.5 Å². The van der Waals surface area contributed by atoms with Crippen LogP contribution in [0.1, 0.15) is 32.6 Å². The monoisotopic (exact) mass is 413 g/mol. The van der Waals surface area contributed by atoms with Gasteiger partial charge >= 0.3 is 6.03 Å². The molecule has 1 saturated carbocycles. The van der Waals surface area contributed by atoms with Crippen molar-refractivity contribution in [3.8, 4) is 0 Å². The van der Waals surface area contributed by atoms with E-state index < -0.39 is 5.41 Å². The van der Waals surface area contributed by atoms with Crippen LogP contribution >= 0.6 is 0 Å². The molecule has 8 nitrogen and oxygen atoms in total. The zero-order valence-electron chi connectivity index (χ0n) is 18.1. The standard InChI is InChI=1S/C22H31N5O3/c1-16(28)27-14-18-21(6-7-22(18,15-27)19(29)25(2)3)8-12-26(13-9-21)20(30)24-17-4-10-23-11-5-17/h4-5,10-11,18H,6-9,12-15H2,1-3H3,(H,23,24,30)/t18-,22+/m1/s1. The Bertz CT molecular complexity index is 834. The first-order valence-electron chi connectivity index (χ1n) is 10.7. The number of rotatable bonds is 2. The third-order valence-corrected chi connectivity index (χ3v) is 7.61. The first-order valence-corrected chi connectivity index (χ1v) is 10.7. The van der Waals surface area contributed by atoms with Crippen molar-refractivity contribution in [2.24, 2.45) is 16.7 Å². The van der Waals surface area contributed by atoms with Gasteiger partial charge in [-0.1, -0.05) is 0 Å². The van der Waals surface area contributed by atoms with E-state index in [4.69, 9.17) is 0 Å². The van der Waals surface area contributed by atoms with Crippen molar-refractivity contribution in [1.29, 1.82) is 0 Å². The van der Waals surface area contributed by atoms with Crippen LogP contribution in [0.3, 0.4) is 0 Å². The third-order valence-electron chi connectivity index (χ3n) is 7.61. The molecule has 3 fully saturated rings. The minimum Gasteiger partial charge on any atom is -0.348 e. The molecule has 1 aliphatic carbocycles. The van der Waals surface area contributed by atoms with Crippen LogP contribution in [-0.4, -0.2) is 77.8 Å². The summed E-state index contributed by atoms with van der Waals surface area (Å²) in [7, 11) is 3.61. The van der Waals surface area contributed by atoms with Crippen molar-refractivity contribution in [2.75, 3.05) is 45.6 Å². The Hall–Kier alpha value is -2.64. The van der Waals surface area contributed by atoms with E-state index in [9.17, 15) is 14.4 Å². The number of carbonyl (C=O) groups is 3. The number of fused-ring (bicyclic) bond motifs is 2. The van der Waals surface area contributed by atoms with Crippen molar-refractivity contribution in [2.45, 2.75) is 32.6 Å². The molecule has 0 radical (unpaired) electrons. The zero-order chi connectivity index (χ0) is 21.5. The quantitative estimate of drug-likeness (QED) is 0.804. The van der Waals surface area contributed by atoms with Gasteiger partial charge in [-0.2, -0.15) is 0 Å². The smallest absolute Gasteiger partial charge is 0.321 e. The van der Waals surface area contributed by atoms with Crippen LogP contribution < -0.4 is 5.32 Å². The van der Waals surface area contributed by atoms with E-state index >= 15 is 0 Å². The van der Waals surface area contributed by atoms with Crippen LogP contribution in [0.2, 0.25) is 0 Å². The van der Waals surface area contributed by atoms with Crippen molar-refractivity contribution < 1.29 is 14.4 Å². The minimum atomic E-state index is -0.476. The molecule has 8 heteroatoms. The second-order valence-corrected chi connectivity index (χ2v) is 9.32. The van der Waals surface area contributed by atoms with Gasteiger partial charge in [0.15, 0.2) is 0 Å². The van der Waals surface area contributed by atoms with Gasteiger partial charge in [-0.3, -0.25) is 14.6 Å². The highest BCUT2D eigenvalue weighted by atomic mass is 16.2. The van der Waals surface area contributed by atoms with Gasteiger partial charge in [-0.25, -0.2) is 4.79 Å². The van der Waals surface area contributed by atoms with E-state index in [0.29, 0.717) is 26.2 Å². The van der Waals surface area contributed by atoms with E-state index in [0.717, 1.165) is 31.4 Å². The summed E-state index contributed by atoms with van der Waals surface area (Å²) in [6.45, 7) is 4.10. The Morgan fingerprint density at radius 2 is 1.73 bits per heavy atom. The van der Waals surface area contributed by atoms with E-state index in [1.807, 2.05) is 23.9 Å². The molecule has 162 valence electrons. The maximum absolute atomic E-state index is 13.2. The van der Waals surface area contributed by atoms with Gasteiger partial charge in [-0.05, 0) is 49.1 Å². The summed E-state index contributed by atoms with van der Waals surface area (Å²) in [6.07, 6.45) is 6.86. The summed E-state index contributed by atoms with van der Waals surface area (Å²) < 4.78 is 0. The molecule has 0 unspecified atom stereocenters. The fraction of sp³-hybridized carbons (Fsp3) is 0.636. The molecule has 1 aromatic rings. The van der Waals surface area contributed by atoms with Gasteiger partial charge in [0.25, 0.3) is 0 Å². The Balaban J connectivity index is 1.48.